The van der Waals surface area contributed by atoms with Crippen molar-refractivity contribution in [2.45, 2.75) is 19.4 Å². The van der Waals surface area contributed by atoms with Crippen molar-refractivity contribution in [2.75, 3.05) is 38.2 Å². The van der Waals surface area contributed by atoms with Crippen LogP contribution in [0.4, 0.5) is 5.13 Å². The summed E-state index contributed by atoms with van der Waals surface area (Å²) in [6.45, 7) is 5.06. The molecule has 5 nitrogen and oxygen atoms in total. The van der Waals surface area contributed by atoms with E-state index in [1.165, 1.54) is 11.3 Å². The summed E-state index contributed by atoms with van der Waals surface area (Å²) in [7, 11) is 2.08. The normalized spacial score (nSPS) is 18.5. The van der Waals surface area contributed by atoms with Gasteiger partial charge in [0.25, 0.3) is 0 Å². The smallest absolute Gasteiger partial charge is 0.233 e. The molecule has 1 aromatic heterocycles. The standard InChI is InChI=1S/C18H23N3O2S/c1-14-5-3-4-6-15(14)11-17(22)21(18-19-7-10-24-18)13-16-12-20(2)8-9-23-16/h3-7,10,16H,8-9,11-13H2,1-2H3/t16-/m0/s1. The van der Waals surface area contributed by atoms with E-state index in [2.05, 4.69) is 16.9 Å². The minimum absolute atomic E-state index is 0.0217. The van der Waals surface area contributed by atoms with Crippen molar-refractivity contribution in [1.29, 1.82) is 0 Å². The molecule has 128 valence electrons. The molecule has 1 saturated heterocycles. The van der Waals surface area contributed by atoms with Gasteiger partial charge in [0.15, 0.2) is 5.13 Å². The summed E-state index contributed by atoms with van der Waals surface area (Å²) >= 11 is 1.49. The molecule has 1 atom stereocenters. The molecule has 1 aliphatic heterocycles. The third kappa shape index (κ3) is 4.20. The van der Waals surface area contributed by atoms with Crippen LogP contribution in [-0.4, -0.2) is 55.2 Å². The molecule has 0 N–H and O–H groups in total. The lowest BCUT2D eigenvalue weighted by atomic mass is 10.1. The number of carbonyl (C=O) groups is 1. The van der Waals surface area contributed by atoms with Gasteiger partial charge in [0.05, 0.1) is 25.7 Å². The van der Waals surface area contributed by atoms with Crippen LogP contribution in [0, 0.1) is 6.92 Å². The van der Waals surface area contributed by atoms with Crippen LogP contribution in [-0.2, 0) is 16.0 Å². The fourth-order valence-electron chi connectivity index (χ4n) is 2.88. The molecule has 0 unspecified atom stereocenters. The van der Waals surface area contributed by atoms with E-state index in [1.54, 1.807) is 11.1 Å². The predicted molar refractivity (Wildman–Crippen MR) is 96.6 cm³/mol. The Kier molecular flexibility index (Phi) is 5.60. The summed E-state index contributed by atoms with van der Waals surface area (Å²) in [6, 6.07) is 8.02. The third-order valence-electron chi connectivity index (χ3n) is 4.28. The number of ether oxygens (including phenoxy) is 1. The SMILES string of the molecule is Cc1ccccc1CC(=O)N(C[C@@H]1CN(C)CCO1)c1nccs1. The lowest BCUT2D eigenvalue weighted by molar-refractivity contribution is -0.118. The highest BCUT2D eigenvalue weighted by Gasteiger charge is 2.26. The van der Waals surface area contributed by atoms with E-state index in [1.807, 2.05) is 36.6 Å². The number of aromatic nitrogens is 1. The van der Waals surface area contributed by atoms with Crippen molar-refractivity contribution < 1.29 is 9.53 Å². The highest BCUT2D eigenvalue weighted by atomic mass is 32.1. The second kappa shape index (κ2) is 7.88. The number of benzene rings is 1. The zero-order chi connectivity index (χ0) is 16.9. The zero-order valence-corrected chi connectivity index (χ0v) is 15.0. The number of carbonyl (C=O) groups excluding carboxylic acids is 1. The Balaban J connectivity index is 1.75. The second-order valence-electron chi connectivity index (χ2n) is 6.18. The van der Waals surface area contributed by atoms with Crippen molar-refractivity contribution in [3.05, 3.63) is 47.0 Å². The van der Waals surface area contributed by atoms with E-state index in [4.69, 9.17) is 4.74 Å². The zero-order valence-electron chi connectivity index (χ0n) is 14.1. The van der Waals surface area contributed by atoms with E-state index in [0.717, 1.165) is 29.3 Å². The average Bonchev–Trinajstić information content (AvgIpc) is 3.09. The molecule has 3 rings (SSSR count). The van der Waals surface area contributed by atoms with Gasteiger partial charge in [-0.2, -0.15) is 0 Å². The van der Waals surface area contributed by atoms with Crippen LogP contribution in [0.5, 0.6) is 0 Å². The van der Waals surface area contributed by atoms with Gasteiger partial charge in [-0.3, -0.25) is 9.69 Å². The quantitative estimate of drug-likeness (QED) is 0.835. The average molecular weight is 345 g/mol. The summed E-state index contributed by atoms with van der Waals surface area (Å²) in [5.74, 6) is 0.0658. The number of amides is 1. The summed E-state index contributed by atoms with van der Waals surface area (Å²) < 4.78 is 5.84. The number of hydrogen-bond acceptors (Lipinski definition) is 5. The van der Waals surface area contributed by atoms with E-state index in [0.29, 0.717) is 19.6 Å². The van der Waals surface area contributed by atoms with Crippen LogP contribution in [0.3, 0.4) is 0 Å². The number of anilines is 1. The minimum Gasteiger partial charge on any atom is -0.374 e. The van der Waals surface area contributed by atoms with Gasteiger partial charge in [-0.1, -0.05) is 24.3 Å². The number of likely N-dealkylation sites (N-methyl/N-ethyl adjacent to an activating group) is 1. The number of morpholine rings is 1. The van der Waals surface area contributed by atoms with E-state index >= 15 is 0 Å². The van der Waals surface area contributed by atoms with Crippen molar-refractivity contribution in [1.82, 2.24) is 9.88 Å². The summed E-state index contributed by atoms with van der Waals surface area (Å²) in [4.78, 5) is 21.3. The lowest BCUT2D eigenvalue weighted by Crippen LogP contribution is -2.48. The van der Waals surface area contributed by atoms with Crippen LogP contribution >= 0.6 is 11.3 Å². The molecule has 1 aliphatic rings. The molecule has 2 aromatic rings. The molecule has 2 heterocycles. The molecule has 24 heavy (non-hydrogen) atoms. The van der Waals surface area contributed by atoms with Crippen LogP contribution in [0.1, 0.15) is 11.1 Å². The number of rotatable bonds is 5. The van der Waals surface area contributed by atoms with Gasteiger partial charge >= 0.3 is 0 Å². The molecule has 1 aromatic carbocycles. The number of aryl methyl sites for hydroxylation is 1. The van der Waals surface area contributed by atoms with Gasteiger partial charge in [-0.05, 0) is 25.1 Å². The van der Waals surface area contributed by atoms with Crippen molar-refractivity contribution in [2.24, 2.45) is 0 Å². The van der Waals surface area contributed by atoms with Crippen LogP contribution in [0.2, 0.25) is 0 Å². The summed E-state index contributed by atoms with van der Waals surface area (Å²) in [5, 5.41) is 2.64. The molecular formula is C18H23N3O2S. The van der Waals surface area contributed by atoms with E-state index in [9.17, 15) is 4.79 Å². The summed E-state index contributed by atoms with van der Waals surface area (Å²) in [6.07, 6.45) is 2.14. The molecule has 6 heteroatoms. The second-order valence-corrected chi connectivity index (χ2v) is 7.05. The van der Waals surface area contributed by atoms with Crippen LogP contribution in [0.15, 0.2) is 35.8 Å². The maximum Gasteiger partial charge on any atom is 0.233 e. The Morgan fingerprint density at radius 2 is 2.29 bits per heavy atom. The van der Waals surface area contributed by atoms with Gasteiger partial charge < -0.3 is 9.64 Å². The minimum atomic E-state index is 0.0217. The summed E-state index contributed by atoms with van der Waals surface area (Å²) in [5.41, 5.74) is 2.20. The van der Waals surface area contributed by atoms with E-state index in [-0.39, 0.29) is 12.0 Å². The van der Waals surface area contributed by atoms with Gasteiger partial charge in [0, 0.05) is 24.7 Å². The molecule has 0 radical (unpaired) electrons. The fraction of sp³-hybridized carbons (Fsp3) is 0.444. The van der Waals surface area contributed by atoms with Crippen molar-refractivity contribution in [3.8, 4) is 0 Å². The van der Waals surface area contributed by atoms with Crippen LogP contribution in [0.25, 0.3) is 0 Å². The fourth-order valence-corrected chi connectivity index (χ4v) is 3.55. The Morgan fingerprint density at radius 1 is 1.46 bits per heavy atom. The molecule has 0 spiro atoms. The molecular weight excluding hydrogens is 322 g/mol. The molecule has 0 aliphatic carbocycles. The Morgan fingerprint density at radius 3 is 3.00 bits per heavy atom. The first-order chi connectivity index (χ1) is 11.6. The first-order valence-electron chi connectivity index (χ1n) is 8.18. The van der Waals surface area contributed by atoms with Crippen LogP contribution < -0.4 is 4.90 Å². The van der Waals surface area contributed by atoms with Gasteiger partial charge in [-0.25, -0.2) is 4.98 Å². The van der Waals surface area contributed by atoms with Crippen molar-refractivity contribution in [3.63, 3.8) is 0 Å². The maximum absolute atomic E-state index is 12.9. The largest absolute Gasteiger partial charge is 0.374 e. The molecule has 1 amide bonds. The maximum atomic E-state index is 12.9. The number of thiazole rings is 1. The monoisotopic (exact) mass is 345 g/mol. The van der Waals surface area contributed by atoms with Gasteiger partial charge in [-0.15, -0.1) is 11.3 Å². The first kappa shape index (κ1) is 17.1. The lowest BCUT2D eigenvalue weighted by Gasteiger charge is -2.33. The number of nitrogens with zero attached hydrogens (tertiary/aromatic N) is 3. The highest BCUT2D eigenvalue weighted by Crippen LogP contribution is 2.21. The molecule has 0 saturated carbocycles. The Labute approximate surface area is 146 Å². The first-order valence-corrected chi connectivity index (χ1v) is 9.06. The third-order valence-corrected chi connectivity index (χ3v) is 5.08. The van der Waals surface area contributed by atoms with E-state index < -0.39 is 0 Å². The van der Waals surface area contributed by atoms with Gasteiger partial charge in [0.2, 0.25) is 5.91 Å². The van der Waals surface area contributed by atoms with Gasteiger partial charge in [0.1, 0.15) is 0 Å². The molecule has 0 bridgehead atoms. The Bertz CT molecular complexity index is 675. The highest BCUT2D eigenvalue weighted by molar-refractivity contribution is 7.13. The topological polar surface area (TPSA) is 45.7 Å². The molecule has 1 fully saturated rings. The number of hydrogen-bond donors (Lipinski definition) is 0. The van der Waals surface area contributed by atoms with Crippen molar-refractivity contribution >= 4 is 22.4 Å². The Hall–Kier alpha value is -1.76. The predicted octanol–water partition coefficient (Wildman–Crippen LogP) is 2.36.